The lowest BCUT2D eigenvalue weighted by molar-refractivity contribution is -0.138. The van der Waals surface area contributed by atoms with Crippen molar-refractivity contribution in [3.05, 3.63) is 93.7 Å². The van der Waals surface area contributed by atoms with Gasteiger partial charge in [0.25, 0.3) is 5.56 Å². The molecule has 164 valence electrons. The summed E-state index contributed by atoms with van der Waals surface area (Å²) >= 11 is 0. The summed E-state index contributed by atoms with van der Waals surface area (Å²) in [7, 11) is 0. The molecule has 0 aliphatic rings. The second kappa shape index (κ2) is 8.03. The van der Waals surface area contributed by atoms with Crippen molar-refractivity contribution in [1.29, 1.82) is 0 Å². The van der Waals surface area contributed by atoms with Gasteiger partial charge < -0.3 is 9.30 Å². The molecule has 2 aromatic heterocycles. The van der Waals surface area contributed by atoms with Crippen molar-refractivity contribution in [3.8, 4) is 11.6 Å². The average Bonchev–Trinajstić information content (AvgIpc) is 2.72. The number of aryl methyl sites for hydroxylation is 1. The maximum atomic E-state index is 14.3. The highest BCUT2D eigenvalue weighted by atomic mass is 19.4. The lowest BCUT2D eigenvalue weighted by atomic mass is 10.1. The molecular formula is C22H14F5N3O2. The predicted octanol–water partition coefficient (Wildman–Crippen LogP) is 5.24. The number of alkyl halides is 3. The van der Waals surface area contributed by atoms with E-state index < -0.39 is 34.8 Å². The minimum Gasteiger partial charge on any atom is -0.438 e. The number of benzene rings is 2. The van der Waals surface area contributed by atoms with E-state index >= 15 is 0 Å². The van der Waals surface area contributed by atoms with Crippen LogP contribution in [0.15, 0.2) is 59.8 Å². The van der Waals surface area contributed by atoms with Gasteiger partial charge in [0.05, 0.1) is 23.8 Å². The lowest BCUT2D eigenvalue weighted by Crippen LogP contribution is -2.14. The third kappa shape index (κ3) is 4.16. The van der Waals surface area contributed by atoms with E-state index in [9.17, 15) is 26.7 Å². The summed E-state index contributed by atoms with van der Waals surface area (Å²) in [6, 6.07) is 8.26. The first kappa shape index (κ1) is 21.4. The largest absolute Gasteiger partial charge is 0.438 e. The van der Waals surface area contributed by atoms with Gasteiger partial charge in [-0.25, -0.2) is 13.8 Å². The molecule has 0 saturated carbocycles. The van der Waals surface area contributed by atoms with Crippen LogP contribution < -0.4 is 10.3 Å². The van der Waals surface area contributed by atoms with E-state index in [-0.39, 0.29) is 28.8 Å². The van der Waals surface area contributed by atoms with Crippen molar-refractivity contribution in [2.45, 2.75) is 19.6 Å². The number of aromatic nitrogens is 3. The zero-order valence-corrected chi connectivity index (χ0v) is 16.5. The zero-order chi connectivity index (χ0) is 23.0. The molecule has 0 amide bonds. The quantitative estimate of drug-likeness (QED) is 0.402. The van der Waals surface area contributed by atoms with Crippen molar-refractivity contribution in [1.82, 2.24) is 14.5 Å². The second-order valence-corrected chi connectivity index (χ2v) is 7.02. The van der Waals surface area contributed by atoms with Crippen LogP contribution in [0.2, 0.25) is 0 Å². The molecule has 10 heteroatoms. The highest BCUT2D eigenvalue weighted by Crippen LogP contribution is 2.36. The van der Waals surface area contributed by atoms with Crippen LogP contribution in [0.25, 0.3) is 10.9 Å². The fourth-order valence-corrected chi connectivity index (χ4v) is 3.23. The summed E-state index contributed by atoms with van der Waals surface area (Å²) in [6.45, 7) is 1.31. The Labute approximate surface area is 177 Å². The molecule has 0 aliphatic heterocycles. The van der Waals surface area contributed by atoms with Gasteiger partial charge in [0.2, 0.25) is 5.88 Å². The van der Waals surface area contributed by atoms with Crippen molar-refractivity contribution < 1.29 is 26.7 Å². The molecule has 5 nitrogen and oxygen atoms in total. The number of nitrogens with zero attached hydrogens (tertiary/aromatic N) is 3. The Kier molecular flexibility index (Phi) is 5.37. The Hall–Kier alpha value is -3.82. The molecule has 0 saturated heterocycles. The van der Waals surface area contributed by atoms with E-state index in [4.69, 9.17) is 4.74 Å². The topological polar surface area (TPSA) is 57.0 Å². The standard InChI is InChI=1S/C22H14F5N3O2/c1-12-7-17(23)15(18(24)8-12)10-30-11-29-20(31)14-9-13(4-5-19(14)30)32-21-16(22(25,26)27)3-2-6-28-21/h2-9,11H,10H2,1H3. The fraction of sp³-hybridized carbons (Fsp3) is 0.136. The normalized spacial score (nSPS) is 11.7. The molecule has 0 aliphatic carbocycles. The van der Waals surface area contributed by atoms with Crippen LogP contribution in [0.5, 0.6) is 11.6 Å². The first-order valence-corrected chi connectivity index (χ1v) is 9.27. The number of ether oxygens (including phenoxy) is 1. The van der Waals surface area contributed by atoms with E-state index in [1.165, 1.54) is 34.9 Å². The Morgan fingerprint density at radius 1 is 1.03 bits per heavy atom. The number of hydrogen-bond donors (Lipinski definition) is 0. The van der Waals surface area contributed by atoms with Gasteiger partial charge in [-0.1, -0.05) is 0 Å². The van der Waals surface area contributed by atoms with Crippen molar-refractivity contribution in [3.63, 3.8) is 0 Å². The maximum Gasteiger partial charge on any atom is 0.421 e. The lowest BCUT2D eigenvalue weighted by Gasteiger charge is -2.14. The molecule has 0 bridgehead atoms. The Morgan fingerprint density at radius 2 is 1.75 bits per heavy atom. The second-order valence-electron chi connectivity index (χ2n) is 7.02. The van der Waals surface area contributed by atoms with Crippen LogP contribution in [-0.2, 0) is 12.7 Å². The molecule has 0 spiro atoms. The van der Waals surface area contributed by atoms with E-state index in [1.807, 2.05) is 0 Å². The van der Waals surface area contributed by atoms with Crippen molar-refractivity contribution in [2.24, 2.45) is 0 Å². The first-order chi connectivity index (χ1) is 15.1. The summed E-state index contributed by atoms with van der Waals surface area (Å²) < 4.78 is 74.7. The van der Waals surface area contributed by atoms with Gasteiger partial charge in [-0.2, -0.15) is 18.2 Å². The SMILES string of the molecule is Cc1cc(F)c(Cn2cnc(=O)c3cc(Oc4ncccc4C(F)(F)F)ccc32)c(F)c1. The van der Waals surface area contributed by atoms with Gasteiger partial charge in [0.15, 0.2) is 0 Å². The maximum absolute atomic E-state index is 14.3. The van der Waals surface area contributed by atoms with Gasteiger partial charge >= 0.3 is 6.18 Å². The van der Waals surface area contributed by atoms with E-state index in [0.717, 1.165) is 24.7 Å². The van der Waals surface area contributed by atoms with Crippen LogP contribution in [0.4, 0.5) is 22.0 Å². The molecular weight excluding hydrogens is 433 g/mol. The van der Waals surface area contributed by atoms with Gasteiger partial charge in [0, 0.05) is 11.8 Å². The van der Waals surface area contributed by atoms with Crippen molar-refractivity contribution >= 4 is 10.9 Å². The smallest absolute Gasteiger partial charge is 0.421 e. The van der Waals surface area contributed by atoms with Crippen LogP contribution >= 0.6 is 0 Å². The summed E-state index contributed by atoms with van der Waals surface area (Å²) in [6.07, 6.45) is -2.40. The number of rotatable bonds is 4. The van der Waals surface area contributed by atoms with Gasteiger partial charge in [0.1, 0.15) is 22.9 Å². The monoisotopic (exact) mass is 447 g/mol. The van der Waals surface area contributed by atoms with Crippen LogP contribution in [0, 0.1) is 18.6 Å². The molecule has 0 atom stereocenters. The Bertz CT molecular complexity index is 1360. The molecule has 0 fully saturated rings. The third-order valence-corrected chi connectivity index (χ3v) is 4.73. The minimum absolute atomic E-state index is 0.00224. The average molecular weight is 447 g/mol. The molecule has 0 N–H and O–H groups in total. The van der Waals surface area contributed by atoms with Gasteiger partial charge in [-0.15, -0.1) is 0 Å². The highest BCUT2D eigenvalue weighted by molar-refractivity contribution is 5.79. The highest BCUT2D eigenvalue weighted by Gasteiger charge is 2.35. The summed E-state index contributed by atoms with van der Waals surface area (Å²) in [5.41, 5.74) is -1.28. The number of pyridine rings is 1. The summed E-state index contributed by atoms with van der Waals surface area (Å²) in [5, 5.41) is 0.00224. The molecule has 4 rings (SSSR count). The molecule has 0 unspecified atom stereocenters. The number of halogens is 5. The van der Waals surface area contributed by atoms with Crippen LogP contribution in [0.1, 0.15) is 16.7 Å². The van der Waals surface area contributed by atoms with Gasteiger partial charge in [-0.3, -0.25) is 4.79 Å². The first-order valence-electron chi connectivity index (χ1n) is 9.27. The van der Waals surface area contributed by atoms with Crippen molar-refractivity contribution in [2.75, 3.05) is 0 Å². The Balaban J connectivity index is 1.74. The Morgan fingerprint density at radius 3 is 2.44 bits per heavy atom. The summed E-state index contributed by atoms with van der Waals surface area (Å²) in [5.74, 6) is -2.24. The number of hydrogen-bond acceptors (Lipinski definition) is 4. The number of fused-ring (bicyclic) bond motifs is 1. The van der Waals surface area contributed by atoms with Gasteiger partial charge in [-0.05, 0) is 55.0 Å². The molecule has 32 heavy (non-hydrogen) atoms. The molecule has 0 radical (unpaired) electrons. The molecule has 4 aromatic rings. The minimum atomic E-state index is -4.68. The molecule has 2 aromatic carbocycles. The van der Waals surface area contributed by atoms with Crippen LogP contribution in [0.3, 0.4) is 0 Å². The third-order valence-electron chi connectivity index (χ3n) is 4.73. The fourth-order valence-electron chi connectivity index (χ4n) is 3.23. The van der Waals surface area contributed by atoms with E-state index in [0.29, 0.717) is 5.56 Å². The van der Waals surface area contributed by atoms with E-state index in [2.05, 4.69) is 9.97 Å². The molecule has 2 heterocycles. The van der Waals surface area contributed by atoms with E-state index in [1.54, 1.807) is 6.92 Å². The zero-order valence-electron chi connectivity index (χ0n) is 16.5. The van der Waals surface area contributed by atoms with Crippen LogP contribution in [-0.4, -0.2) is 14.5 Å². The predicted molar refractivity (Wildman–Crippen MR) is 106 cm³/mol. The summed E-state index contributed by atoms with van der Waals surface area (Å²) in [4.78, 5) is 19.6.